The molecular formula is C28H28ClNO7. The number of aromatic hydroxyl groups is 1. The summed E-state index contributed by atoms with van der Waals surface area (Å²) in [5.41, 5.74) is 2.15. The van der Waals surface area contributed by atoms with Crippen LogP contribution in [0.1, 0.15) is 21.5 Å². The average Bonchev–Trinajstić information content (AvgIpc) is 2.92. The van der Waals surface area contributed by atoms with Crippen LogP contribution in [0.5, 0.6) is 34.5 Å². The molecule has 0 saturated carbocycles. The number of anilines is 1. The molecule has 0 spiro atoms. The Kier molecular flexibility index (Phi) is 9.29. The molecule has 3 aromatic carbocycles. The van der Waals surface area contributed by atoms with Gasteiger partial charge in [-0.15, -0.1) is 0 Å². The largest absolute Gasteiger partial charge is 0.503 e. The molecule has 194 valence electrons. The van der Waals surface area contributed by atoms with Crippen molar-refractivity contribution in [2.75, 3.05) is 40.9 Å². The van der Waals surface area contributed by atoms with Crippen LogP contribution in [0.3, 0.4) is 0 Å². The Morgan fingerprint density at radius 1 is 0.811 bits per heavy atom. The highest BCUT2D eigenvalue weighted by Crippen LogP contribution is 2.40. The van der Waals surface area contributed by atoms with Crippen molar-refractivity contribution in [1.82, 2.24) is 0 Å². The van der Waals surface area contributed by atoms with Crippen molar-refractivity contribution in [1.29, 1.82) is 0 Å². The Morgan fingerprint density at radius 2 is 1.43 bits per heavy atom. The van der Waals surface area contributed by atoms with Gasteiger partial charge in [0.1, 0.15) is 5.75 Å². The maximum Gasteiger partial charge on any atom is 0.203 e. The van der Waals surface area contributed by atoms with E-state index in [1.807, 2.05) is 6.08 Å². The second-order valence-electron chi connectivity index (χ2n) is 7.56. The first-order valence-corrected chi connectivity index (χ1v) is 11.4. The van der Waals surface area contributed by atoms with Gasteiger partial charge in [-0.05, 0) is 48.0 Å². The van der Waals surface area contributed by atoms with Crippen molar-refractivity contribution >= 4 is 35.2 Å². The second-order valence-corrected chi connectivity index (χ2v) is 7.97. The van der Waals surface area contributed by atoms with Crippen LogP contribution in [0, 0.1) is 0 Å². The smallest absolute Gasteiger partial charge is 0.203 e. The summed E-state index contributed by atoms with van der Waals surface area (Å²) in [6, 6.07) is 11.8. The van der Waals surface area contributed by atoms with Crippen molar-refractivity contribution in [3.05, 3.63) is 76.5 Å². The number of benzene rings is 3. The number of carbonyl (C=O) groups is 1. The Morgan fingerprint density at radius 3 is 2.00 bits per heavy atom. The summed E-state index contributed by atoms with van der Waals surface area (Å²) in [6.45, 7) is 0. The van der Waals surface area contributed by atoms with Gasteiger partial charge in [-0.3, -0.25) is 4.79 Å². The number of carbonyl (C=O) groups excluding carboxylic acids is 1. The predicted octanol–water partition coefficient (Wildman–Crippen LogP) is 6.07. The van der Waals surface area contributed by atoms with Crippen LogP contribution in [-0.2, 0) is 0 Å². The Balaban J connectivity index is 1.90. The van der Waals surface area contributed by atoms with Gasteiger partial charge in [0.25, 0.3) is 0 Å². The highest BCUT2D eigenvalue weighted by molar-refractivity contribution is 6.32. The Labute approximate surface area is 220 Å². The van der Waals surface area contributed by atoms with Crippen LogP contribution < -0.4 is 29.0 Å². The van der Waals surface area contributed by atoms with Gasteiger partial charge < -0.3 is 34.1 Å². The summed E-state index contributed by atoms with van der Waals surface area (Å²) in [5.74, 6) is 1.86. The predicted molar refractivity (Wildman–Crippen MR) is 145 cm³/mol. The molecule has 3 rings (SSSR count). The van der Waals surface area contributed by atoms with Crippen molar-refractivity contribution in [2.45, 2.75) is 0 Å². The third kappa shape index (κ3) is 6.29. The van der Waals surface area contributed by atoms with Gasteiger partial charge in [-0.25, -0.2) is 0 Å². The van der Waals surface area contributed by atoms with Crippen molar-refractivity contribution < 1.29 is 33.6 Å². The van der Waals surface area contributed by atoms with E-state index in [2.05, 4.69) is 5.32 Å². The Bertz CT molecular complexity index is 1310. The van der Waals surface area contributed by atoms with Gasteiger partial charge in [0.05, 0.1) is 46.3 Å². The van der Waals surface area contributed by atoms with Crippen LogP contribution >= 0.6 is 11.6 Å². The molecule has 3 aromatic rings. The first-order valence-electron chi connectivity index (χ1n) is 11.1. The maximum absolute atomic E-state index is 12.6. The van der Waals surface area contributed by atoms with Gasteiger partial charge in [0.15, 0.2) is 28.8 Å². The fourth-order valence-corrected chi connectivity index (χ4v) is 3.80. The first-order chi connectivity index (χ1) is 17.9. The highest BCUT2D eigenvalue weighted by atomic mass is 35.5. The number of phenolic OH excluding ortho intramolecular Hbond substituents is 1. The quantitative estimate of drug-likeness (QED) is 0.135. The molecule has 0 aliphatic heterocycles. The zero-order valence-electron chi connectivity index (χ0n) is 21.1. The molecule has 0 heterocycles. The number of hydrogen-bond acceptors (Lipinski definition) is 8. The Hall–Kier alpha value is -4.30. The lowest BCUT2D eigenvalue weighted by Gasteiger charge is -2.13. The number of nitrogens with one attached hydrogen (secondary N) is 1. The number of rotatable bonds is 11. The molecule has 8 nitrogen and oxygen atoms in total. The van der Waals surface area contributed by atoms with Gasteiger partial charge in [0, 0.05) is 23.4 Å². The van der Waals surface area contributed by atoms with E-state index in [0.717, 1.165) is 5.56 Å². The van der Waals surface area contributed by atoms with Gasteiger partial charge in [0.2, 0.25) is 5.75 Å². The molecule has 0 aliphatic carbocycles. The lowest BCUT2D eigenvalue weighted by molar-refractivity contribution is 0.104. The first kappa shape index (κ1) is 27.3. The monoisotopic (exact) mass is 525 g/mol. The highest BCUT2D eigenvalue weighted by Gasteiger charge is 2.14. The molecule has 0 bridgehead atoms. The second kappa shape index (κ2) is 12.6. The van der Waals surface area contributed by atoms with Crippen molar-refractivity contribution in [2.24, 2.45) is 0 Å². The minimum absolute atomic E-state index is 0.112. The fourth-order valence-electron chi connectivity index (χ4n) is 3.54. The van der Waals surface area contributed by atoms with Crippen LogP contribution in [0.25, 0.3) is 12.2 Å². The fraction of sp³-hybridized carbons (Fsp3) is 0.179. The minimum atomic E-state index is -0.283. The average molecular weight is 526 g/mol. The number of halogens is 1. The summed E-state index contributed by atoms with van der Waals surface area (Å²) in [6.07, 6.45) is 6.39. The summed E-state index contributed by atoms with van der Waals surface area (Å²) in [4.78, 5) is 12.6. The molecule has 0 unspecified atom stereocenters. The maximum atomic E-state index is 12.6. The molecule has 0 amide bonds. The van der Waals surface area contributed by atoms with Crippen LogP contribution in [0.4, 0.5) is 5.69 Å². The summed E-state index contributed by atoms with van der Waals surface area (Å²) < 4.78 is 26.6. The normalized spacial score (nSPS) is 11.0. The van der Waals surface area contributed by atoms with Gasteiger partial charge in [-0.2, -0.15) is 0 Å². The number of methoxy groups -OCH3 is 5. The van der Waals surface area contributed by atoms with Gasteiger partial charge in [-0.1, -0.05) is 23.8 Å². The van der Waals surface area contributed by atoms with E-state index in [1.54, 1.807) is 56.7 Å². The molecule has 0 aromatic heterocycles. The zero-order valence-corrected chi connectivity index (χ0v) is 21.9. The minimum Gasteiger partial charge on any atom is -0.503 e. The summed E-state index contributed by atoms with van der Waals surface area (Å²) in [5, 5.41) is 14.1. The molecule has 0 saturated heterocycles. The number of allylic oxidation sites excluding steroid dienone is 1. The van der Waals surface area contributed by atoms with Gasteiger partial charge >= 0.3 is 0 Å². The molecule has 2 N–H and O–H groups in total. The molecular weight excluding hydrogens is 498 g/mol. The molecule has 9 heteroatoms. The number of ether oxygens (including phenoxy) is 5. The SMILES string of the molecule is COc1ccc(C(=O)C=CNc2c(C=Cc3cc(OC)c(OC)c(OC)c3)ccc(OC)c2O)cc1Cl. The summed E-state index contributed by atoms with van der Waals surface area (Å²) in [7, 11) is 7.58. The standard InChI is InChI=1S/C28H28ClNO7/c1-33-22-10-9-19(16-20(22)29)21(31)12-13-30-26-18(8-11-23(34-2)27(26)32)7-6-17-14-24(35-3)28(37-5)25(15-17)36-4/h6-16,30,32H,1-5H3. The molecule has 37 heavy (non-hydrogen) atoms. The lowest BCUT2D eigenvalue weighted by atomic mass is 10.1. The molecule has 0 fully saturated rings. The number of ketones is 1. The van der Waals surface area contributed by atoms with E-state index in [1.165, 1.54) is 39.7 Å². The molecule has 0 radical (unpaired) electrons. The summed E-state index contributed by atoms with van der Waals surface area (Å²) >= 11 is 6.12. The van der Waals surface area contributed by atoms with Crippen LogP contribution in [0.2, 0.25) is 5.02 Å². The molecule has 0 aliphatic rings. The third-order valence-electron chi connectivity index (χ3n) is 5.43. The van der Waals surface area contributed by atoms with Crippen LogP contribution in [0.15, 0.2) is 54.7 Å². The van der Waals surface area contributed by atoms with E-state index in [4.69, 9.17) is 35.3 Å². The topological polar surface area (TPSA) is 95.5 Å². The van der Waals surface area contributed by atoms with E-state index >= 15 is 0 Å². The lowest BCUT2D eigenvalue weighted by Crippen LogP contribution is -1.99. The zero-order chi connectivity index (χ0) is 26.9. The van der Waals surface area contributed by atoms with E-state index in [0.29, 0.717) is 44.8 Å². The number of phenols is 1. The van der Waals surface area contributed by atoms with E-state index < -0.39 is 0 Å². The number of hydrogen-bond donors (Lipinski definition) is 2. The van der Waals surface area contributed by atoms with E-state index in [-0.39, 0.29) is 17.3 Å². The van der Waals surface area contributed by atoms with Crippen LogP contribution in [-0.4, -0.2) is 46.4 Å². The molecule has 0 atom stereocenters. The van der Waals surface area contributed by atoms with Crippen molar-refractivity contribution in [3.8, 4) is 34.5 Å². The third-order valence-corrected chi connectivity index (χ3v) is 5.73. The van der Waals surface area contributed by atoms with E-state index in [9.17, 15) is 9.90 Å². The van der Waals surface area contributed by atoms with Crippen molar-refractivity contribution in [3.63, 3.8) is 0 Å².